The standard InChI is InChI=1S/C11H17N3O/c1-8-4-2-6-14-11(8)12-10(13-14)9-5-3-7-15-9/h8-9H,2-7H2,1H3. The molecule has 0 radical (unpaired) electrons. The predicted octanol–water partition coefficient (Wildman–Crippen LogP) is 2.03. The van der Waals surface area contributed by atoms with E-state index >= 15 is 0 Å². The highest BCUT2D eigenvalue weighted by Gasteiger charge is 2.26. The van der Waals surface area contributed by atoms with Crippen LogP contribution in [0.1, 0.15) is 56.3 Å². The Balaban J connectivity index is 1.90. The summed E-state index contributed by atoms with van der Waals surface area (Å²) in [5.74, 6) is 2.63. The average Bonchev–Trinajstić information content (AvgIpc) is 2.86. The molecule has 1 saturated heterocycles. The molecule has 0 saturated carbocycles. The molecule has 0 aromatic carbocycles. The normalized spacial score (nSPS) is 30.5. The second-order valence-corrected chi connectivity index (χ2v) is 4.60. The van der Waals surface area contributed by atoms with Crippen LogP contribution in [-0.2, 0) is 11.3 Å². The van der Waals surface area contributed by atoms with Gasteiger partial charge in [0.2, 0.25) is 0 Å². The summed E-state index contributed by atoms with van der Waals surface area (Å²) < 4.78 is 7.69. The van der Waals surface area contributed by atoms with E-state index in [1.54, 1.807) is 0 Å². The SMILES string of the molecule is CC1CCCn2nc(C3CCCO3)nc21. The van der Waals surface area contributed by atoms with Gasteiger partial charge in [-0.25, -0.2) is 9.67 Å². The van der Waals surface area contributed by atoms with E-state index in [4.69, 9.17) is 4.74 Å². The maximum absolute atomic E-state index is 5.61. The minimum Gasteiger partial charge on any atom is -0.370 e. The first kappa shape index (κ1) is 9.33. The topological polar surface area (TPSA) is 39.9 Å². The molecule has 82 valence electrons. The molecular formula is C11H17N3O. The predicted molar refractivity (Wildman–Crippen MR) is 55.6 cm³/mol. The monoisotopic (exact) mass is 207 g/mol. The second kappa shape index (κ2) is 3.59. The summed E-state index contributed by atoms with van der Waals surface area (Å²) in [5.41, 5.74) is 0. The molecule has 0 amide bonds. The number of fused-ring (bicyclic) bond motifs is 1. The fourth-order valence-corrected chi connectivity index (χ4v) is 2.50. The van der Waals surface area contributed by atoms with Crippen LogP contribution in [0.4, 0.5) is 0 Å². The molecule has 1 fully saturated rings. The van der Waals surface area contributed by atoms with Crippen molar-refractivity contribution in [2.75, 3.05) is 6.61 Å². The van der Waals surface area contributed by atoms with Crippen LogP contribution >= 0.6 is 0 Å². The molecule has 3 rings (SSSR count). The lowest BCUT2D eigenvalue weighted by molar-refractivity contribution is 0.105. The van der Waals surface area contributed by atoms with Gasteiger partial charge < -0.3 is 4.74 Å². The second-order valence-electron chi connectivity index (χ2n) is 4.60. The summed E-state index contributed by atoms with van der Waals surface area (Å²) in [7, 11) is 0. The van der Waals surface area contributed by atoms with Crippen LogP contribution in [0.5, 0.6) is 0 Å². The van der Waals surface area contributed by atoms with Gasteiger partial charge in [0.25, 0.3) is 0 Å². The molecular weight excluding hydrogens is 190 g/mol. The van der Waals surface area contributed by atoms with E-state index in [2.05, 4.69) is 21.7 Å². The Labute approximate surface area is 89.6 Å². The summed E-state index contributed by atoms with van der Waals surface area (Å²) in [5, 5.41) is 4.56. The molecule has 1 aromatic rings. The lowest BCUT2D eigenvalue weighted by Gasteiger charge is -2.17. The zero-order valence-corrected chi connectivity index (χ0v) is 9.15. The van der Waals surface area contributed by atoms with Crippen molar-refractivity contribution in [1.82, 2.24) is 14.8 Å². The minimum absolute atomic E-state index is 0.162. The summed E-state index contributed by atoms with van der Waals surface area (Å²) >= 11 is 0. The fraction of sp³-hybridized carbons (Fsp3) is 0.818. The molecule has 0 aliphatic carbocycles. The van der Waals surface area contributed by atoms with Crippen molar-refractivity contribution in [3.8, 4) is 0 Å². The molecule has 4 heteroatoms. The van der Waals surface area contributed by atoms with E-state index < -0.39 is 0 Å². The highest BCUT2D eigenvalue weighted by Crippen LogP contribution is 2.30. The Morgan fingerprint density at radius 2 is 2.27 bits per heavy atom. The molecule has 0 N–H and O–H groups in total. The maximum atomic E-state index is 5.61. The number of hydrogen-bond donors (Lipinski definition) is 0. The third-order valence-electron chi connectivity index (χ3n) is 3.38. The molecule has 1 aromatic heterocycles. The molecule has 3 heterocycles. The molecule has 15 heavy (non-hydrogen) atoms. The number of ether oxygens (including phenoxy) is 1. The molecule has 2 aliphatic rings. The van der Waals surface area contributed by atoms with E-state index in [1.807, 2.05) is 0 Å². The van der Waals surface area contributed by atoms with Crippen molar-refractivity contribution in [1.29, 1.82) is 0 Å². The first-order valence-corrected chi connectivity index (χ1v) is 5.91. The van der Waals surface area contributed by atoms with Gasteiger partial charge >= 0.3 is 0 Å². The van der Waals surface area contributed by atoms with Crippen LogP contribution in [-0.4, -0.2) is 21.4 Å². The Kier molecular flexibility index (Phi) is 2.24. The lowest BCUT2D eigenvalue weighted by atomic mass is 10.0. The van der Waals surface area contributed by atoms with Crippen molar-refractivity contribution >= 4 is 0 Å². The quantitative estimate of drug-likeness (QED) is 0.707. The third-order valence-corrected chi connectivity index (χ3v) is 3.38. The summed E-state index contributed by atoms with van der Waals surface area (Å²) in [4.78, 5) is 4.64. The smallest absolute Gasteiger partial charge is 0.179 e. The van der Waals surface area contributed by atoms with Crippen LogP contribution < -0.4 is 0 Å². The van der Waals surface area contributed by atoms with Crippen LogP contribution in [0, 0.1) is 0 Å². The van der Waals surface area contributed by atoms with Crippen molar-refractivity contribution in [2.45, 2.75) is 51.2 Å². The van der Waals surface area contributed by atoms with E-state index in [-0.39, 0.29) is 6.10 Å². The third kappa shape index (κ3) is 1.57. The van der Waals surface area contributed by atoms with Crippen LogP contribution in [0.15, 0.2) is 0 Å². The Morgan fingerprint density at radius 3 is 3.00 bits per heavy atom. The largest absolute Gasteiger partial charge is 0.370 e. The highest BCUT2D eigenvalue weighted by atomic mass is 16.5. The molecule has 2 unspecified atom stereocenters. The van der Waals surface area contributed by atoms with Gasteiger partial charge in [-0.2, -0.15) is 5.10 Å². The van der Waals surface area contributed by atoms with Gasteiger partial charge in [-0.1, -0.05) is 6.92 Å². The Morgan fingerprint density at radius 1 is 1.33 bits per heavy atom. The molecule has 4 nitrogen and oxygen atoms in total. The van der Waals surface area contributed by atoms with E-state index in [9.17, 15) is 0 Å². The highest BCUT2D eigenvalue weighted by molar-refractivity contribution is 5.04. The van der Waals surface area contributed by atoms with Gasteiger partial charge in [0.15, 0.2) is 5.82 Å². The number of rotatable bonds is 1. The van der Waals surface area contributed by atoms with Gasteiger partial charge in [0, 0.05) is 19.1 Å². The van der Waals surface area contributed by atoms with Gasteiger partial charge in [-0.05, 0) is 25.7 Å². The van der Waals surface area contributed by atoms with Crippen LogP contribution in [0.25, 0.3) is 0 Å². The van der Waals surface area contributed by atoms with Crippen molar-refractivity contribution < 1.29 is 4.74 Å². The first-order valence-electron chi connectivity index (χ1n) is 5.91. The number of aryl methyl sites for hydroxylation is 1. The van der Waals surface area contributed by atoms with Gasteiger partial charge in [0.05, 0.1) is 0 Å². The number of nitrogens with zero attached hydrogens (tertiary/aromatic N) is 3. The van der Waals surface area contributed by atoms with Crippen molar-refractivity contribution in [3.05, 3.63) is 11.6 Å². The van der Waals surface area contributed by atoms with E-state index in [0.717, 1.165) is 37.6 Å². The Hall–Kier alpha value is -0.900. The lowest BCUT2D eigenvalue weighted by Crippen LogP contribution is -2.14. The maximum Gasteiger partial charge on any atom is 0.179 e. The number of hydrogen-bond acceptors (Lipinski definition) is 3. The first-order chi connectivity index (χ1) is 7.34. The van der Waals surface area contributed by atoms with Crippen LogP contribution in [0.3, 0.4) is 0 Å². The molecule has 0 bridgehead atoms. The number of aromatic nitrogens is 3. The van der Waals surface area contributed by atoms with Crippen molar-refractivity contribution in [3.63, 3.8) is 0 Å². The van der Waals surface area contributed by atoms with Gasteiger partial charge in [-0.3, -0.25) is 0 Å². The van der Waals surface area contributed by atoms with Crippen molar-refractivity contribution in [2.24, 2.45) is 0 Å². The molecule has 0 spiro atoms. The molecule has 2 aliphatic heterocycles. The average molecular weight is 207 g/mol. The van der Waals surface area contributed by atoms with Gasteiger partial charge in [0.1, 0.15) is 11.9 Å². The van der Waals surface area contributed by atoms with E-state index in [1.165, 1.54) is 12.8 Å². The summed E-state index contributed by atoms with van der Waals surface area (Å²) in [6.45, 7) is 4.13. The summed E-state index contributed by atoms with van der Waals surface area (Å²) in [6, 6.07) is 0. The Bertz CT molecular complexity index is 355. The van der Waals surface area contributed by atoms with E-state index in [0.29, 0.717) is 5.92 Å². The fourth-order valence-electron chi connectivity index (χ4n) is 2.50. The summed E-state index contributed by atoms with van der Waals surface area (Å²) in [6.07, 6.45) is 4.85. The zero-order chi connectivity index (χ0) is 10.3. The molecule has 2 atom stereocenters. The van der Waals surface area contributed by atoms with Gasteiger partial charge in [-0.15, -0.1) is 0 Å². The minimum atomic E-state index is 0.162. The zero-order valence-electron chi connectivity index (χ0n) is 9.15. The van der Waals surface area contributed by atoms with Crippen LogP contribution in [0.2, 0.25) is 0 Å².